The molecule has 1 N–H and O–H groups in total. The molecule has 0 unspecified atom stereocenters. The van der Waals surface area contributed by atoms with Crippen LogP contribution in [0.1, 0.15) is 80.6 Å². The van der Waals surface area contributed by atoms with E-state index >= 15 is 0 Å². The first-order valence-corrected chi connectivity index (χ1v) is 11.5. The minimum atomic E-state index is -1.19. The minimum Gasteiger partial charge on any atom is -0.535 e. The second kappa shape index (κ2) is 11.9. The Morgan fingerprint density at radius 3 is 2.69 bits per heavy atom. The third kappa shape index (κ3) is 6.72. The summed E-state index contributed by atoms with van der Waals surface area (Å²) < 4.78 is 20.7. The van der Waals surface area contributed by atoms with Crippen LogP contribution in [0.25, 0.3) is 0 Å². The molecule has 1 fully saturated rings. The zero-order chi connectivity index (χ0) is 22.9. The smallest absolute Gasteiger partial charge is 0.526 e. The molecule has 1 aromatic carbocycles. The van der Waals surface area contributed by atoms with Crippen molar-refractivity contribution < 1.29 is 38.3 Å². The standard InChI is InChI=1S/C23H31BO8/c1-2-3-9-18(25)14-17-13-16-8-7-12-20(21(16)32-24(17)28)22(26)29-15-30-23(27)31-19-10-5-4-6-11-19/h7-8,12,17,19,28H,2-6,9-11,13-15H2,1H3/t17-/m1/s1. The maximum atomic E-state index is 12.5. The molecule has 0 radical (unpaired) electrons. The van der Waals surface area contributed by atoms with Crippen molar-refractivity contribution in [1.29, 1.82) is 0 Å². The fraction of sp³-hybridized carbons (Fsp3) is 0.609. The number of rotatable bonds is 9. The van der Waals surface area contributed by atoms with Gasteiger partial charge in [-0.15, -0.1) is 0 Å². The first-order chi connectivity index (χ1) is 15.5. The lowest BCUT2D eigenvalue weighted by molar-refractivity contribution is -0.119. The molecule has 0 amide bonds. The molecule has 1 aliphatic heterocycles. The summed E-state index contributed by atoms with van der Waals surface area (Å²) in [5, 5.41) is 10.4. The van der Waals surface area contributed by atoms with E-state index in [9.17, 15) is 19.4 Å². The Bertz CT molecular complexity index is 805. The van der Waals surface area contributed by atoms with Gasteiger partial charge >= 0.3 is 19.2 Å². The monoisotopic (exact) mass is 446 g/mol. The quantitative estimate of drug-likeness (QED) is 0.341. The number of esters is 1. The summed E-state index contributed by atoms with van der Waals surface area (Å²) in [7, 11) is -1.19. The molecule has 174 valence electrons. The van der Waals surface area contributed by atoms with Gasteiger partial charge in [0, 0.05) is 18.7 Å². The van der Waals surface area contributed by atoms with Crippen LogP contribution in [0.2, 0.25) is 5.82 Å². The summed E-state index contributed by atoms with van der Waals surface area (Å²) in [4.78, 5) is 36.4. The highest BCUT2D eigenvalue weighted by molar-refractivity contribution is 6.47. The summed E-state index contributed by atoms with van der Waals surface area (Å²) in [6.07, 6.45) is 6.70. The van der Waals surface area contributed by atoms with Crippen molar-refractivity contribution in [3.05, 3.63) is 29.3 Å². The Morgan fingerprint density at radius 2 is 1.94 bits per heavy atom. The summed E-state index contributed by atoms with van der Waals surface area (Å²) in [6, 6.07) is 4.99. The van der Waals surface area contributed by atoms with Gasteiger partial charge in [0.2, 0.25) is 6.79 Å². The van der Waals surface area contributed by atoms with Crippen molar-refractivity contribution in [2.45, 2.75) is 83.1 Å². The molecule has 2 aliphatic rings. The zero-order valence-corrected chi connectivity index (χ0v) is 18.5. The highest BCUT2D eigenvalue weighted by atomic mass is 16.8. The molecule has 9 heteroatoms. The molecule has 0 bridgehead atoms. The third-order valence-electron chi connectivity index (χ3n) is 5.92. The van der Waals surface area contributed by atoms with Crippen LogP contribution in [0.3, 0.4) is 0 Å². The van der Waals surface area contributed by atoms with E-state index in [2.05, 4.69) is 0 Å². The number of carbonyl (C=O) groups excluding carboxylic acids is 3. The van der Waals surface area contributed by atoms with Gasteiger partial charge in [0.25, 0.3) is 0 Å². The Balaban J connectivity index is 1.52. The second-order valence-corrected chi connectivity index (χ2v) is 8.43. The number of benzene rings is 1. The normalized spacial score (nSPS) is 18.3. The molecule has 1 aliphatic carbocycles. The number of ether oxygens (including phenoxy) is 3. The van der Waals surface area contributed by atoms with Gasteiger partial charge in [0.05, 0.1) is 0 Å². The van der Waals surface area contributed by atoms with E-state index < -0.39 is 26.0 Å². The number of unbranched alkanes of at least 4 members (excludes halogenated alkanes) is 1. The number of carbonyl (C=O) groups is 3. The molecule has 0 spiro atoms. The van der Waals surface area contributed by atoms with Crippen LogP contribution in [0.5, 0.6) is 5.75 Å². The van der Waals surface area contributed by atoms with Crippen LogP contribution in [0.15, 0.2) is 18.2 Å². The van der Waals surface area contributed by atoms with E-state index in [-0.39, 0.29) is 35.4 Å². The van der Waals surface area contributed by atoms with Gasteiger partial charge in [-0.25, -0.2) is 9.59 Å². The van der Waals surface area contributed by atoms with E-state index in [0.29, 0.717) is 12.8 Å². The summed E-state index contributed by atoms with van der Waals surface area (Å²) in [6.45, 7) is 1.44. The number of hydrogen-bond donors (Lipinski definition) is 1. The molecular weight excluding hydrogens is 415 g/mol. The van der Waals surface area contributed by atoms with Gasteiger partial charge in [-0.1, -0.05) is 31.9 Å². The van der Waals surface area contributed by atoms with Crippen molar-refractivity contribution in [1.82, 2.24) is 0 Å². The maximum Gasteiger partial charge on any atom is 0.526 e. The van der Waals surface area contributed by atoms with E-state index in [4.69, 9.17) is 18.9 Å². The van der Waals surface area contributed by atoms with Gasteiger partial charge < -0.3 is 23.9 Å². The van der Waals surface area contributed by atoms with Crippen molar-refractivity contribution in [3.8, 4) is 5.75 Å². The van der Waals surface area contributed by atoms with Crippen LogP contribution in [0, 0.1) is 0 Å². The highest BCUT2D eigenvalue weighted by Crippen LogP contribution is 2.36. The van der Waals surface area contributed by atoms with Gasteiger partial charge in [-0.3, -0.25) is 4.79 Å². The Kier molecular flexibility index (Phi) is 8.96. The molecule has 1 aromatic rings. The third-order valence-corrected chi connectivity index (χ3v) is 5.92. The fourth-order valence-electron chi connectivity index (χ4n) is 4.15. The number of hydrogen-bond acceptors (Lipinski definition) is 8. The lowest BCUT2D eigenvalue weighted by Gasteiger charge is -2.28. The lowest BCUT2D eigenvalue weighted by Crippen LogP contribution is -2.36. The average molecular weight is 446 g/mol. The summed E-state index contributed by atoms with van der Waals surface area (Å²) in [5.41, 5.74) is 0.845. The van der Waals surface area contributed by atoms with E-state index in [0.717, 1.165) is 50.5 Å². The number of ketones is 1. The van der Waals surface area contributed by atoms with Gasteiger partial charge in [-0.05, 0) is 50.2 Å². The molecule has 3 rings (SSSR count). The second-order valence-electron chi connectivity index (χ2n) is 8.43. The lowest BCUT2D eigenvalue weighted by atomic mass is 9.64. The Labute approximate surface area is 188 Å². The molecule has 0 aromatic heterocycles. The predicted molar refractivity (Wildman–Crippen MR) is 116 cm³/mol. The largest absolute Gasteiger partial charge is 0.535 e. The predicted octanol–water partition coefficient (Wildman–Crippen LogP) is 4.22. The van der Waals surface area contributed by atoms with E-state index in [1.165, 1.54) is 6.07 Å². The van der Waals surface area contributed by atoms with Crippen molar-refractivity contribution >= 4 is 25.0 Å². The van der Waals surface area contributed by atoms with Gasteiger partial charge in [0.15, 0.2) is 0 Å². The molecule has 1 heterocycles. The first-order valence-electron chi connectivity index (χ1n) is 11.5. The van der Waals surface area contributed by atoms with Gasteiger partial charge in [0.1, 0.15) is 23.2 Å². The molecule has 1 saturated carbocycles. The summed E-state index contributed by atoms with van der Waals surface area (Å²) in [5.74, 6) is -0.782. The fourth-order valence-corrected chi connectivity index (χ4v) is 4.15. The number of Topliss-reactive ketones (excluding diaryl/α,β-unsaturated/α-hetero) is 1. The average Bonchev–Trinajstić information content (AvgIpc) is 2.78. The SMILES string of the molecule is CCCCC(=O)C[C@H]1Cc2cccc(C(=O)OCOC(=O)OC3CCCCC3)c2OB1O. The van der Waals surface area contributed by atoms with Crippen LogP contribution < -0.4 is 4.65 Å². The number of para-hydroxylation sites is 1. The van der Waals surface area contributed by atoms with E-state index in [1.54, 1.807) is 12.1 Å². The van der Waals surface area contributed by atoms with E-state index in [1.807, 2.05) is 6.92 Å². The Hall–Kier alpha value is -2.55. The van der Waals surface area contributed by atoms with Crippen molar-refractivity contribution in [3.63, 3.8) is 0 Å². The molecule has 32 heavy (non-hydrogen) atoms. The van der Waals surface area contributed by atoms with Crippen LogP contribution in [-0.4, -0.2) is 42.9 Å². The van der Waals surface area contributed by atoms with Crippen LogP contribution >= 0.6 is 0 Å². The first kappa shape index (κ1) is 24.1. The zero-order valence-electron chi connectivity index (χ0n) is 18.5. The minimum absolute atomic E-state index is 0.0933. The molecule has 0 saturated heterocycles. The van der Waals surface area contributed by atoms with Crippen LogP contribution in [0.4, 0.5) is 4.79 Å². The molecule has 1 atom stereocenters. The topological polar surface area (TPSA) is 108 Å². The molecule has 8 nitrogen and oxygen atoms in total. The number of fused-ring (bicyclic) bond motifs is 1. The highest BCUT2D eigenvalue weighted by Gasteiger charge is 2.37. The van der Waals surface area contributed by atoms with Crippen molar-refractivity contribution in [2.24, 2.45) is 0 Å². The van der Waals surface area contributed by atoms with Gasteiger partial charge in [-0.2, -0.15) is 0 Å². The maximum absolute atomic E-state index is 12.5. The van der Waals surface area contributed by atoms with Crippen LogP contribution in [-0.2, 0) is 25.4 Å². The Morgan fingerprint density at radius 1 is 1.16 bits per heavy atom. The molecular formula is C23H31BO8. The van der Waals surface area contributed by atoms with Crippen molar-refractivity contribution in [2.75, 3.05) is 6.79 Å². The summed E-state index contributed by atoms with van der Waals surface area (Å²) >= 11 is 0.